The molecular formula is C13H20N4O5. The van der Waals surface area contributed by atoms with Crippen LogP contribution in [0, 0.1) is 5.41 Å². The van der Waals surface area contributed by atoms with E-state index in [9.17, 15) is 9.90 Å². The number of hydrogen-bond acceptors (Lipinski definition) is 6. The third kappa shape index (κ3) is 3.62. The van der Waals surface area contributed by atoms with Gasteiger partial charge in [-0.05, 0) is 0 Å². The Balaban J connectivity index is 3.17. The summed E-state index contributed by atoms with van der Waals surface area (Å²) >= 11 is 0. The van der Waals surface area contributed by atoms with E-state index in [1.54, 1.807) is 14.1 Å². The number of ether oxygens (including phenoxy) is 3. The fraction of sp³-hybridized carbons (Fsp3) is 0.385. The summed E-state index contributed by atoms with van der Waals surface area (Å²) in [4.78, 5) is 13.4. The van der Waals surface area contributed by atoms with Gasteiger partial charge in [0.05, 0.1) is 21.3 Å². The standard InChI is InChI=1S/C13H20N4O5/c1-17(2)12(14)16-13(19)15-9-8(20-3)6-7(18)10(21-4)11(9)22-5/h6,18H,1-5H3,(H3,14,15,16,19). The summed E-state index contributed by atoms with van der Waals surface area (Å²) in [6.07, 6.45) is 0. The summed E-state index contributed by atoms with van der Waals surface area (Å²) in [5.74, 6) is 0.0539. The highest BCUT2D eigenvalue weighted by Crippen LogP contribution is 2.47. The van der Waals surface area contributed by atoms with Crippen LogP contribution in [0.25, 0.3) is 0 Å². The second-order valence-electron chi connectivity index (χ2n) is 4.36. The summed E-state index contributed by atoms with van der Waals surface area (Å²) < 4.78 is 15.3. The van der Waals surface area contributed by atoms with Crippen LogP contribution in [-0.2, 0) is 0 Å². The quantitative estimate of drug-likeness (QED) is 0.375. The number of phenolic OH excluding ortho intramolecular Hbond substituents is 1. The molecule has 4 N–H and O–H groups in total. The van der Waals surface area contributed by atoms with Crippen molar-refractivity contribution in [3.8, 4) is 23.0 Å². The van der Waals surface area contributed by atoms with Crippen molar-refractivity contribution in [3.05, 3.63) is 6.07 Å². The van der Waals surface area contributed by atoms with Crippen LogP contribution < -0.4 is 24.8 Å². The predicted molar refractivity (Wildman–Crippen MR) is 81.3 cm³/mol. The van der Waals surface area contributed by atoms with Gasteiger partial charge in [-0.15, -0.1) is 0 Å². The Morgan fingerprint density at radius 3 is 2.23 bits per heavy atom. The average molecular weight is 312 g/mol. The summed E-state index contributed by atoms with van der Waals surface area (Å²) in [6.45, 7) is 0. The predicted octanol–water partition coefficient (Wildman–Crippen LogP) is 1.04. The molecule has 0 fully saturated rings. The molecule has 2 amide bonds. The van der Waals surface area contributed by atoms with Crippen LogP contribution in [0.2, 0.25) is 0 Å². The third-order valence-electron chi connectivity index (χ3n) is 2.73. The summed E-state index contributed by atoms with van der Waals surface area (Å²) in [7, 11) is 7.34. The van der Waals surface area contributed by atoms with E-state index in [1.807, 2.05) is 0 Å². The maximum atomic E-state index is 11.9. The molecule has 0 aliphatic rings. The number of rotatable bonds is 4. The number of guanidine groups is 1. The highest BCUT2D eigenvalue weighted by Gasteiger charge is 2.22. The van der Waals surface area contributed by atoms with Crippen molar-refractivity contribution in [2.24, 2.45) is 0 Å². The SMILES string of the molecule is COc1cc(O)c(OC)c(OC)c1NC(=O)NC(=N)N(C)C. The zero-order chi connectivity index (χ0) is 16.9. The van der Waals surface area contributed by atoms with Crippen molar-refractivity contribution in [1.82, 2.24) is 10.2 Å². The molecule has 0 spiro atoms. The Hall–Kier alpha value is -2.84. The van der Waals surface area contributed by atoms with Gasteiger partial charge in [-0.1, -0.05) is 0 Å². The van der Waals surface area contributed by atoms with Gasteiger partial charge >= 0.3 is 6.03 Å². The topological polar surface area (TPSA) is 116 Å². The fourth-order valence-electron chi connectivity index (χ4n) is 1.64. The second kappa shape index (κ2) is 7.25. The van der Waals surface area contributed by atoms with E-state index in [-0.39, 0.29) is 34.6 Å². The van der Waals surface area contributed by atoms with E-state index in [4.69, 9.17) is 19.6 Å². The number of aromatic hydroxyl groups is 1. The van der Waals surface area contributed by atoms with Gasteiger partial charge < -0.3 is 29.5 Å². The van der Waals surface area contributed by atoms with Crippen LogP contribution in [0.15, 0.2) is 6.07 Å². The van der Waals surface area contributed by atoms with E-state index < -0.39 is 6.03 Å². The lowest BCUT2D eigenvalue weighted by atomic mass is 10.2. The average Bonchev–Trinajstić information content (AvgIpc) is 2.47. The van der Waals surface area contributed by atoms with E-state index in [0.29, 0.717) is 0 Å². The first kappa shape index (κ1) is 17.2. The zero-order valence-corrected chi connectivity index (χ0v) is 13.1. The van der Waals surface area contributed by atoms with Gasteiger partial charge in [0.15, 0.2) is 17.5 Å². The highest BCUT2D eigenvalue weighted by molar-refractivity contribution is 6.03. The number of anilines is 1. The van der Waals surface area contributed by atoms with Crippen molar-refractivity contribution in [3.63, 3.8) is 0 Å². The Kier molecular flexibility index (Phi) is 5.67. The molecule has 9 nitrogen and oxygen atoms in total. The van der Waals surface area contributed by atoms with E-state index in [1.165, 1.54) is 32.3 Å². The molecule has 0 unspecified atom stereocenters. The molecule has 0 aliphatic carbocycles. The molecule has 1 aromatic carbocycles. The van der Waals surface area contributed by atoms with Gasteiger partial charge in [-0.2, -0.15) is 0 Å². The first-order valence-corrected chi connectivity index (χ1v) is 6.21. The number of nitrogens with zero attached hydrogens (tertiary/aromatic N) is 1. The van der Waals surface area contributed by atoms with Crippen LogP contribution in [0.3, 0.4) is 0 Å². The molecule has 0 aromatic heterocycles. The molecule has 122 valence electrons. The number of carbonyl (C=O) groups excluding carboxylic acids is 1. The Bertz CT molecular complexity index is 574. The Morgan fingerprint density at radius 2 is 1.77 bits per heavy atom. The molecule has 1 aromatic rings. The number of carbonyl (C=O) groups is 1. The van der Waals surface area contributed by atoms with Crippen LogP contribution in [-0.4, -0.2) is 57.4 Å². The van der Waals surface area contributed by atoms with Gasteiger partial charge in [0.25, 0.3) is 0 Å². The smallest absolute Gasteiger partial charge is 0.326 e. The van der Waals surface area contributed by atoms with Crippen molar-refractivity contribution in [2.45, 2.75) is 0 Å². The fourth-order valence-corrected chi connectivity index (χ4v) is 1.64. The largest absolute Gasteiger partial charge is 0.504 e. The molecule has 0 saturated heterocycles. The molecule has 0 atom stereocenters. The number of methoxy groups -OCH3 is 3. The monoisotopic (exact) mass is 312 g/mol. The number of urea groups is 1. The van der Waals surface area contributed by atoms with E-state index >= 15 is 0 Å². The summed E-state index contributed by atoms with van der Waals surface area (Å²) in [5.41, 5.74) is 0.170. The van der Waals surface area contributed by atoms with Gasteiger partial charge in [-0.25, -0.2) is 4.79 Å². The molecule has 0 heterocycles. The van der Waals surface area contributed by atoms with Crippen LogP contribution in [0.4, 0.5) is 10.5 Å². The molecule has 0 saturated carbocycles. The van der Waals surface area contributed by atoms with Gasteiger partial charge in [0.1, 0.15) is 11.4 Å². The van der Waals surface area contributed by atoms with Crippen molar-refractivity contribution < 1.29 is 24.1 Å². The third-order valence-corrected chi connectivity index (χ3v) is 2.73. The van der Waals surface area contributed by atoms with Crippen LogP contribution in [0.5, 0.6) is 23.0 Å². The highest BCUT2D eigenvalue weighted by atomic mass is 16.5. The Labute approximate surface area is 128 Å². The van der Waals surface area contributed by atoms with Crippen molar-refractivity contribution >= 4 is 17.7 Å². The Morgan fingerprint density at radius 1 is 1.18 bits per heavy atom. The first-order chi connectivity index (χ1) is 10.3. The van der Waals surface area contributed by atoms with E-state index in [0.717, 1.165) is 0 Å². The van der Waals surface area contributed by atoms with Crippen LogP contribution in [0.1, 0.15) is 0 Å². The molecule has 0 aliphatic heterocycles. The molecular weight excluding hydrogens is 292 g/mol. The molecule has 1 rings (SSSR count). The first-order valence-electron chi connectivity index (χ1n) is 6.21. The number of benzene rings is 1. The lowest BCUT2D eigenvalue weighted by molar-refractivity contribution is 0.254. The normalized spacial score (nSPS) is 9.68. The second-order valence-corrected chi connectivity index (χ2v) is 4.36. The maximum Gasteiger partial charge on any atom is 0.326 e. The lowest BCUT2D eigenvalue weighted by Gasteiger charge is -2.19. The van der Waals surface area contributed by atoms with E-state index in [2.05, 4.69) is 10.6 Å². The number of nitrogens with one attached hydrogen (secondary N) is 3. The molecule has 0 radical (unpaired) electrons. The molecule has 0 bridgehead atoms. The minimum absolute atomic E-state index is 0.0567. The molecule has 9 heteroatoms. The summed E-state index contributed by atoms with van der Waals surface area (Å²) in [5, 5.41) is 22.3. The van der Waals surface area contributed by atoms with Crippen molar-refractivity contribution in [1.29, 1.82) is 5.41 Å². The number of hydrogen-bond donors (Lipinski definition) is 4. The minimum atomic E-state index is -0.664. The number of amides is 2. The minimum Gasteiger partial charge on any atom is -0.504 e. The molecule has 22 heavy (non-hydrogen) atoms. The maximum absolute atomic E-state index is 11.9. The zero-order valence-electron chi connectivity index (χ0n) is 13.1. The van der Waals surface area contributed by atoms with Gasteiger partial charge in [0.2, 0.25) is 5.75 Å². The van der Waals surface area contributed by atoms with Crippen LogP contribution >= 0.6 is 0 Å². The van der Waals surface area contributed by atoms with Gasteiger partial charge in [-0.3, -0.25) is 10.7 Å². The lowest BCUT2D eigenvalue weighted by Crippen LogP contribution is -2.41. The van der Waals surface area contributed by atoms with Gasteiger partial charge in [0, 0.05) is 20.2 Å². The summed E-state index contributed by atoms with van der Waals surface area (Å²) in [6, 6.07) is 0.622. The number of phenols is 1. The van der Waals surface area contributed by atoms with Crippen molar-refractivity contribution in [2.75, 3.05) is 40.7 Å².